The van der Waals surface area contributed by atoms with Gasteiger partial charge < -0.3 is 0 Å². The minimum atomic E-state index is -0.394. The fraction of sp³-hybridized carbons (Fsp3) is 0.0769. The molecule has 86 valence electrons. The molecule has 0 spiro atoms. The second kappa shape index (κ2) is 5.10. The van der Waals surface area contributed by atoms with Crippen LogP contribution in [0.2, 0.25) is 0 Å². The van der Waals surface area contributed by atoms with Crippen LogP contribution in [-0.4, -0.2) is 10.8 Å². The molecule has 0 aliphatic carbocycles. The number of rotatable bonds is 3. The van der Waals surface area contributed by atoms with Crippen LogP contribution in [0, 0.1) is 5.82 Å². The minimum Gasteiger partial charge on any atom is -0.294 e. The first-order valence-electron chi connectivity index (χ1n) is 5.05. The Hall–Kier alpha value is -1.68. The van der Waals surface area contributed by atoms with E-state index >= 15 is 0 Å². The molecular formula is C13H10FNOS. The molecule has 0 unspecified atom stereocenters. The number of halogens is 1. The molecule has 0 N–H and O–H groups in total. The van der Waals surface area contributed by atoms with Gasteiger partial charge in [0.05, 0.1) is 0 Å². The van der Waals surface area contributed by atoms with Crippen LogP contribution in [0.5, 0.6) is 0 Å². The van der Waals surface area contributed by atoms with E-state index in [1.165, 1.54) is 30.8 Å². The second-order valence-corrected chi connectivity index (χ2v) is 4.60. The van der Waals surface area contributed by atoms with Crippen LogP contribution in [0.15, 0.2) is 52.5 Å². The molecule has 1 aromatic heterocycles. The number of aromatic nitrogens is 1. The number of benzene rings is 1. The van der Waals surface area contributed by atoms with Crippen LogP contribution < -0.4 is 0 Å². The minimum absolute atomic E-state index is 0.138. The van der Waals surface area contributed by atoms with Crippen molar-refractivity contribution in [3.63, 3.8) is 0 Å². The average Bonchev–Trinajstić information content (AvgIpc) is 2.32. The summed E-state index contributed by atoms with van der Waals surface area (Å²) in [5.74, 6) is -0.532. The van der Waals surface area contributed by atoms with E-state index in [4.69, 9.17) is 0 Å². The number of hydrogen-bond donors (Lipinski definition) is 0. The molecule has 0 aliphatic heterocycles. The molecule has 0 radical (unpaired) electrons. The van der Waals surface area contributed by atoms with Crippen molar-refractivity contribution in [3.8, 4) is 0 Å². The highest BCUT2D eigenvalue weighted by Gasteiger charge is 2.09. The third-order valence-electron chi connectivity index (χ3n) is 2.20. The zero-order valence-corrected chi connectivity index (χ0v) is 10.00. The summed E-state index contributed by atoms with van der Waals surface area (Å²) >= 11 is 1.42. The Morgan fingerprint density at radius 2 is 1.94 bits per heavy atom. The molecular weight excluding hydrogens is 237 g/mol. The molecule has 0 fully saturated rings. The lowest BCUT2D eigenvalue weighted by molar-refractivity contribution is 0.101. The van der Waals surface area contributed by atoms with E-state index in [-0.39, 0.29) is 5.78 Å². The van der Waals surface area contributed by atoms with Crippen LogP contribution in [0.3, 0.4) is 0 Å². The van der Waals surface area contributed by atoms with Crippen LogP contribution in [-0.2, 0) is 0 Å². The highest BCUT2D eigenvalue weighted by atomic mass is 32.2. The van der Waals surface area contributed by atoms with Gasteiger partial charge in [0.15, 0.2) is 5.78 Å². The number of hydrogen-bond acceptors (Lipinski definition) is 3. The van der Waals surface area contributed by atoms with E-state index in [2.05, 4.69) is 4.98 Å². The fourth-order valence-corrected chi connectivity index (χ4v) is 2.36. The molecule has 2 rings (SSSR count). The summed E-state index contributed by atoms with van der Waals surface area (Å²) < 4.78 is 13.1. The van der Waals surface area contributed by atoms with Gasteiger partial charge in [-0.3, -0.25) is 9.78 Å². The number of nitrogens with zero attached hydrogens (tertiary/aromatic N) is 1. The van der Waals surface area contributed by atoms with Gasteiger partial charge in [0.1, 0.15) is 5.82 Å². The maximum absolute atomic E-state index is 13.1. The third-order valence-corrected chi connectivity index (χ3v) is 3.28. The van der Waals surface area contributed by atoms with Gasteiger partial charge >= 0.3 is 0 Å². The van der Waals surface area contributed by atoms with Crippen LogP contribution in [0.4, 0.5) is 4.39 Å². The number of carbonyl (C=O) groups excluding carboxylic acids is 1. The topological polar surface area (TPSA) is 30.0 Å². The van der Waals surface area contributed by atoms with Crippen molar-refractivity contribution < 1.29 is 9.18 Å². The predicted octanol–water partition coefficient (Wildman–Crippen LogP) is 3.57. The normalized spacial score (nSPS) is 10.2. The average molecular weight is 247 g/mol. The molecule has 1 heterocycles. The van der Waals surface area contributed by atoms with Gasteiger partial charge in [0.2, 0.25) is 0 Å². The first-order valence-corrected chi connectivity index (χ1v) is 5.87. The van der Waals surface area contributed by atoms with Gasteiger partial charge in [-0.2, -0.15) is 0 Å². The van der Waals surface area contributed by atoms with E-state index in [0.29, 0.717) is 5.56 Å². The number of Topliss-reactive ketones (excluding diaryl/α,β-unsaturated/α-hetero) is 1. The standard InChI is InChI=1S/C13H10FNOS/c1-9(16)12-8-10(14)2-3-13(12)17-11-4-6-15-7-5-11/h2-8H,1H3. The fourth-order valence-electron chi connectivity index (χ4n) is 1.40. The van der Waals surface area contributed by atoms with Crippen molar-refractivity contribution in [1.82, 2.24) is 4.98 Å². The zero-order chi connectivity index (χ0) is 12.3. The highest BCUT2D eigenvalue weighted by Crippen LogP contribution is 2.30. The summed E-state index contributed by atoms with van der Waals surface area (Å²) in [5.41, 5.74) is 0.409. The highest BCUT2D eigenvalue weighted by molar-refractivity contribution is 7.99. The van der Waals surface area contributed by atoms with Gasteiger partial charge in [0.25, 0.3) is 0 Å². The SMILES string of the molecule is CC(=O)c1cc(F)ccc1Sc1ccncc1. The quantitative estimate of drug-likeness (QED) is 0.776. The van der Waals surface area contributed by atoms with E-state index in [1.54, 1.807) is 18.5 Å². The summed E-state index contributed by atoms with van der Waals surface area (Å²) in [5, 5.41) is 0. The van der Waals surface area contributed by atoms with Crippen molar-refractivity contribution in [2.24, 2.45) is 0 Å². The summed E-state index contributed by atoms with van der Waals surface area (Å²) in [4.78, 5) is 17.1. The Kier molecular flexibility index (Phi) is 3.54. The predicted molar refractivity (Wildman–Crippen MR) is 64.8 cm³/mol. The Balaban J connectivity index is 2.36. The molecule has 4 heteroatoms. The molecule has 0 atom stereocenters. The first kappa shape index (κ1) is 11.8. The summed E-state index contributed by atoms with van der Waals surface area (Å²) in [6.45, 7) is 1.44. The van der Waals surface area contributed by atoms with E-state index < -0.39 is 5.82 Å². The maximum atomic E-state index is 13.1. The Morgan fingerprint density at radius 1 is 1.24 bits per heavy atom. The third kappa shape index (κ3) is 2.91. The van der Waals surface area contributed by atoms with Crippen molar-refractivity contribution in [2.45, 2.75) is 16.7 Å². The second-order valence-electron chi connectivity index (χ2n) is 3.48. The lowest BCUT2D eigenvalue weighted by Crippen LogP contribution is -1.96. The summed E-state index contributed by atoms with van der Waals surface area (Å²) in [7, 11) is 0. The van der Waals surface area contributed by atoms with Gasteiger partial charge in [-0.15, -0.1) is 0 Å². The van der Waals surface area contributed by atoms with Crippen LogP contribution >= 0.6 is 11.8 Å². The van der Waals surface area contributed by atoms with Gasteiger partial charge in [-0.25, -0.2) is 4.39 Å². The van der Waals surface area contributed by atoms with E-state index in [0.717, 1.165) is 9.79 Å². The molecule has 0 bridgehead atoms. The maximum Gasteiger partial charge on any atom is 0.161 e. The van der Waals surface area contributed by atoms with Crippen LogP contribution in [0.1, 0.15) is 17.3 Å². The number of pyridine rings is 1. The summed E-state index contributed by atoms with van der Waals surface area (Å²) in [6.07, 6.45) is 3.36. The lowest BCUT2D eigenvalue weighted by atomic mass is 10.1. The van der Waals surface area contributed by atoms with Crippen molar-refractivity contribution in [2.75, 3.05) is 0 Å². The van der Waals surface area contributed by atoms with Crippen LogP contribution in [0.25, 0.3) is 0 Å². The Morgan fingerprint density at radius 3 is 2.59 bits per heavy atom. The Bertz CT molecular complexity index is 542. The molecule has 0 amide bonds. The van der Waals surface area contributed by atoms with Gasteiger partial charge in [-0.05, 0) is 37.3 Å². The first-order chi connectivity index (χ1) is 8.16. The molecule has 17 heavy (non-hydrogen) atoms. The smallest absolute Gasteiger partial charge is 0.161 e. The monoisotopic (exact) mass is 247 g/mol. The molecule has 2 nitrogen and oxygen atoms in total. The van der Waals surface area contributed by atoms with E-state index in [1.807, 2.05) is 12.1 Å². The molecule has 2 aromatic rings. The summed E-state index contributed by atoms with van der Waals surface area (Å²) in [6, 6.07) is 7.94. The number of carbonyl (C=O) groups is 1. The molecule has 1 aromatic carbocycles. The van der Waals surface area contributed by atoms with Crippen molar-refractivity contribution >= 4 is 17.5 Å². The Labute approximate surface area is 103 Å². The van der Waals surface area contributed by atoms with Crippen molar-refractivity contribution in [3.05, 3.63) is 54.1 Å². The molecule has 0 saturated carbocycles. The number of ketones is 1. The van der Waals surface area contributed by atoms with Gasteiger partial charge in [-0.1, -0.05) is 11.8 Å². The van der Waals surface area contributed by atoms with E-state index in [9.17, 15) is 9.18 Å². The largest absolute Gasteiger partial charge is 0.294 e. The zero-order valence-electron chi connectivity index (χ0n) is 9.18. The molecule has 0 aliphatic rings. The van der Waals surface area contributed by atoms with Gasteiger partial charge in [0, 0.05) is 27.7 Å². The lowest BCUT2D eigenvalue weighted by Gasteiger charge is -2.06. The van der Waals surface area contributed by atoms with Crippen molar-refractivity contribution in [1.29, 1.82) is 0 Å². The molecule has 0 saturated heterocycles.